The zero-order valence-electron chi connectivity index (χ0n) is 15.3. The van der Waals surface area contributed by atoms with Gasteiger partial charge >= 0.3 is 6.18 Å². The van der Waals surface area contributed by atoms with Gasteiger partial charge in [-0.05, 0) is 60.3 Å². The standard InChI is InChI=1S/C21H19F3N2OS/c1-14(26-28-18-8-4-7-17(12-18)21(22,23)24)15-5-3-6-16(11-15)19-9-10-25-13-20(19)27-2/h3-14,26H,1-2H3. The summed E-state index contributed by atoms with van der Waals surface area (Å²) in [6, 6.07) is 15.0. The fourth-order valence-electron chi connectivity index (χ4n) is 2.72. The van der Waals surface area contributed by atoms with E-state index in [0.717, 1.165) is 28.8 Å². The van der Waals surface area contributed by atoms with Crippen LogP contribution in [0.3, 0.4) is 0 Å². The van der Waals surface area contributed by atoms with Crippen molar-refractivity contribution in [3.05, 3.63) is 78.1 Å². The highest BCUT2D eigenvalue weighted by Crippen LogP contribution is 2.33. The molecule has 1 atom stereocenters. The van der Waals surface area contributed by atoms with Crippen molar-refractivity contribution in [3.8, 4) is 16.9 Å². The molecule has 0 aliphatic rings. The van der Waals surface area contributed by atoms with Crippen molar-refractivity contribution in [3.63, 3.8) is 0 Å². The van der Waals surface area contributed by atoms with Crippen LogP contribution in [-0.4, -0.2) is 12.1 Å². The van der Waals surface area contributed by atoms with Crippen LogP contribution >= 0.6 is 11.9 Å². The predicted molar refractivity (Wildman–Crippen MR) is 105 cm³/mol. The lowest BCUT2D eigenvalue weighted by molar-refractivity contribution is -0.137. The average Bonchev–Trinajstić information content (AvgIpc) is 2.71. The zero-order valence-corrected chi connectivity index (χ0v) is 16.1. The van der Waals surface area contributed by atoms with Crippen molar-refractivity contribution < 1.29 is 17.9 Å². The molecule has 1 unspecified atom stereocenters. The van der Waals surface area contributed by atoms with Gasteiger partial charge in [0, 0.05) is 22.7 Å². The molecule has 0 fully saturated rings. The summed E-state index contributed by atoms with van der Waals surface area (Å²) in [4.78, 5) is 4.57. The van der Waals surface area contributed by atoms with E-state index in [1.54, 1.807) is 25.6 Å². The molecule has 146 valence electrons. The normalized spacial score (nSPS) is 12.6. The van der Waals surface area contributed by atoms with Crippen LogP contribution in [0.1, 0.15) is 24.1 Å². The van der Waals surface area contributed by atoms with E-state index in [2.05, 4.69) is 9.71 Å². The summed E-state index contributed by atoms with van der Waals surface area (Å²) in [5.74, 6) is 0.679. The first-order valence-corrected chi connectivity index (χ1v) is 9.38. The summed E-state index contributed by atoms with van der Waals surface area (Å²) in [7, 11) is 1.60. The molecule has 0 aliphatic carbocycles. The molecule has 0 saturated heterocycles. The summed E-state index contributed by atoms with van der Waals surface area (Å²) in [5.41, 5.74) is 2.26. The van der Waals surface area contributed by atoms with Crippen LogP contribution in [0.15, 0.2) is 71.9 Å². The number of nitrogens with one attached hydrogen (secondary N) is 1. The summed E-state index contributed by atoms with van der Waals surface area (Å²) >= 11 is 1.18. The van der Waals surface area contributed by atoms with Crippen LogP contribution in [0.25, 0.3) is 11.1 Å². The lowest BCUT2D eigenvalue weighted by Gasteiger charge is -2.16. The Morgan fingerprint density at radius 2 is 1.86 bits per heavy atom. The van der Waals surface area contributed by atoms with Gasteiger partial charge in [-0.25, -0.2) is 0 Å². The van der Waals surface area contributed by atoms with Crippen LogP contribution in [0.4, 0.5) is 13.2 Å². The Labute approximate surface area is 166 Å². The van der Waals surface area contributed by atoms with E-state index in [9.17, 15) is 13.2 Å². The van der Waals surface area contributed by atoms with Crippen molar-refractivity contribution in [1.29, 1.82) is 0 Å². The molecular weight excluding hydrogens is 385 g/mol. The minimum absolute atomic E-state index is 0.0766. The lowest BCUT2D eigenvalue weighted by Crippen LogP contribution is -2.11. The van der Waals surface area contributed by atoms with Gasteiger partial charge < -0.3 is 4.74 Å². The summed E-state index contributed by atoms with van der Waals surface area (Å²) in [6.45, 7) is 1.96. The first-order valence-electron chi connectivity index (χ1n) is 8.56. The van der Waals surface area contributed by atoms with Crippen LogP contribution in [0.5, 0.6) is 5.75 Å². The third kappa shape index (κ3) is 4.85. The molecule has 0 aliphatic heterocycles. The monoisotopic (exact) mass is 404 g/mol. The minimum Gasteiger partial charge on any atom is -0.494 e. The number of hydrogen-bond donors (Lipinski definition) is 1. The summed E-state index contributed by atoms with van der Waals surface area (Å²) < 4.78 is 47.1. The fraction of sp³-hybridized carbons (Fsp3) is 0.190. The number of aromatic nitrogens is 1. The highest BCUT2D eigenvalue weighted by atomic mass is 32.2. The maximum Gasteiger partial charge on any atom is 0.416 e. The number of nitrogens with zero attached hydrogens (tertiary/aromatic N) is 1. The number of halogens is 3. The molecule has 3 aromatic rings. The van der Waals surface area contributed by atoms with Crippen molar-refractivity contribution in [2.75, 3.05) is 7.11 Å². The summed E-state index contributed by atoms with van der Waals surface area (Å²) in [5, 5.41) is 0. The van der Waals surface area contributed by atoms with Crippen molar-refractivity contribution in [1.82, 2.24) is 9.71 Å². The molecule has 1 heterocycles. The third-order valence-corrected chi connectivity index (χ3v) is 5.18. The molecule has 0 radical (unpaired) electrons. The second-order valence-electron chi connectivity index (χ2n) is 6.17. The third-order valence-electron chi connectivity index (χ3n) is 4.22. The van der Waals surface area contributed by atoms with Gasteiger partial charge in [-0.2, -0.15) is 13.2 Å². The number of pyridine rings is 1. The maximum atomic E-state index is 12.9. The SMILES string of the molecule is COc1cnccc1-c1cccc(C(C)NSc2cccc(C(F)(F)F)c2)c1. The molecule has 0 amide bonds. The Morgan fingerprint density at radius 1 is 1.07 bits per heavy atom. The van der Waals surface area contributed by atoms with E-state index in [4.69, 9.17) is 4.74 Å². The number of ether oxygens (including phenoxy) is 1. The van der Waals surface area contributed by atoms with Crippen LogP contribution in [0, 0.1) is 0 Å². The number of rotatable bonds is 6. The van der Waals surface area contributed by atoms with Gasteiger partial charge in [0.25, 0.3) is 0 Å². The molecule has 28 heavy (non-hydrogen) atoms. The number of benzene rings is 2. The highest BCUT2D eigenvalue weighted by Gasteiger charge is 2.30. The van der Waals surface area contributed by atoms with Gasteiger partial charge in [0.1, 0.15) is 5.75 Å². The fourth-order valence-corrected chi connectivity index (χ4v) is 3.50. The van der Waals surface area contributed by atoms with Crippen molar-refractivity contribution in [2.24, 2.45) is 0 Å². The van der Waals surface area contributed by atoms with Gasteiger partial charge in [-0.1, -0.05) is 24.3 Å². The van der Waals surface area contributed by atoms with Gasteiger partial charge in [0.15, 0.2) is 0 Å². The molecule has 0 bridgehead atoms. The first-order chi connectivity index (χ1) is 13.4. The average molecular weight is 404 g/mol. The second kappa shape index (κ2) is 8.67. The Balaban J connectivity index is 1.74. The zero-order chi connectivity index (χ0) is 20.1. The Bertz CT molecular complexity index is 947. The Kier molecular flexibility index (Phi) is 6.26. The second-order valence-corrected chi connectivity index (χ2v) is 7.08. The maximum absolute atomic E-state index is 12.9. The quantitative estimate of drug-likeness (QED) is 0.501. The van der Waals surface area contributed by atoms with Gasteiger partial charge in [0.2, 0.25) is 0 Å². The van der Waals surface area contributed by atoms with E-state index in [1.165, 1.54) is 18.0 Å². The highest BCUT2D eigenvalue weighted by molar-refractivity contribution is 7.97. The summed E-state index contributed by atoms with van der Waals surface area (Å²) in [6.07, 6.45) is -0.983. The van der Waals surface area contributed by atoms with Gasteiger partial charge in [-0.15, -0.1) is 0 Å². The predicted octanol–water partition coefficient (Wildman–Crippen LogP) is 6.13. The van der Waals surface area contributed by atoms with E-state index < -0.39 is 11.7 Å². The van der Waals surface area contributed by atoms with Crippen molar-refractivity contribution >= 4 is 11.9 Å². The largest absolute Gasteiger partial charge is 0.494 e. The van der Waals surface area contributed by atoms with Crippen molar-refractivity contribution in [2.45, 2.75) is 24.0 Å². The first kappa shape index (κ1) is 20.2. The van der Waals surface area contributed by atoms with Crippen LogP contribution < -0.4 is 9.46 Å². The number of methoxy groups -OCH3 is 1. The molecule has 0 saturated carbocycles. The van der Waals surface area contributed by atoms with Crippen LogP contribution in [-0.2, 0) is 6.18 Å². The number of hydrogen-bond acceptors (Lipinski definition) is 4. The molecule has 1 aromatic heterocycles. The molecule has 3 nitrogen and oxygen atoms in total. The van der Waals surface area contributed by atoms with Gasteiger partial charge in [-0.3, -0.25) is 9.71 Å². The van der Waals surface area contributed by atoms with E-state index in [0.29, 0.717) is 10.6 Å². The molecule has 2 aromatic carbocycles. The van der Waals surface area contributed by atoms with E-state index >= 15 is 0 Å². The smallest absolute Gasteiger partial charge is 0.416 e. The molecular formula is C21H19F3N2OS. The van der Waals surface area contributed by atoms with Crippen LogP contribution in [0.2, 0.25) is 0 Å². The molecule has 0 spiro atoms. The molecule has 1 N–H and O–H groups in total. The Hall–Kier alpha value is -2.51. The van der Waals surface area contributed by atoms with Gasteiger partial charge in [0.05, 0.1) is 18.9 Å². The molecule has 7 heteroatoms. The minimum atomic E-state index is -4.35. The molecule has 3 rings (SSSR count). The Morgan fingerprint density at radius 3 is 2.61 bits per heavy atom. The van der Waals surface area contributed by atoms with E-state index in [1.807, 2.05) is 37.3 Å². The topological polar surface area (TPSA) is 34.1 Å². The lowest BCUT2D eigenvalue weighted by atomic mass is 10.0. The van der Waals surface area contributed by atoms with E-state index in [-0.39, 0.29) is 6.04 Å². The number of alkyl halides is 3.